The van der Waals surface area contributed by atoms with Gasteiger partial charge in [-0.05, 0) is 72.7 Å². The summed E-state index contributed by atoms with van der Waals surface area (Å²) in [6.45, 7) is 2.25. The first-order valence-corrected chi connectivity index (χ1v) is 12.8. The number of carboxylic acids is 1. The predicted octanol–water partition coefficient (Wildman–Crippen LogP) is 4.88. The number of pyridine rings is 1. The molecule has 40 heavy (non-hydrogen) atoms. The number of aromatic nitrogens is 1. The van der Waals surface area contributed by atoms with E-state index in [1.807, 2.05) is 6.92 Å². The van der Waals surface area contributed by atoms with Crippen molar-refractivity contribution in [3.05, 3.63) is 106 Å². The average Bonchev–Trinajstić information content (AvgIpc) is 2.96. The zero-order chi connectivity index (χ0) is 28.8. The summed E-state index contributed by atoms with van der Waals surface area (Å²) in [5.74, 6) is -2.12. The van der Waals surface area contributed by atoms with E-state index in [2.05, 4.69) is 22.4 Å². The molecule has 4 rings (SSSR count). The fourth-order valence-electron chi connectivity index (χ4n) is 4.02. The van der Waals surface area contributed by atoms with E-state index in [0.29, 0.717) is 22.5 Å². The Morgan fingerprint density at radius 3 is 2.45 bits per heavy atom. The van der Waals surface area contributed by atoms with Crippen LogP contribution in [0, 0.1) is 12.1 Å². The Morgan fingerprint density at radius 2 is 1.80 bits per heavy atom. The molecule has 4 aromatic rings. The third-order valence-electron chi connectivity index (χ3n) is 6.32. The Morgan fingerprint density at radius 1 is 1.05 bits per heavy atom. The van der Waals surface area contributed by atoms with Crippen LogP contribution in [0.5, 0.6) is 5.75 Å². The molecule has 1 atom stereocenters. The number of hydrogen-bond acceptors (Lipinski definition) is 5. The van der Waals surface area contributed by atoms with Crippen molar-refractivity contribution in [2.45, 2.75) is 19.4 Å². The van der Waals surface area contributed by atoms with Gasteiger partial charge < -0.3 is 20.4 Å². The summed E-state index contributed by atoms with van der Waals surface area (Å²) in [6.07, 6.45) is 3.76. The summed E-state index contributed by atoms with van der Waals surface area (Å²) in [6, 6.07) is 20.9. The number of fused-ring (bicyclic) bond motifs is 1. The van der Waals surface area contributed by atoms with E-state index in [0.717, 1.165) is 16.7 Å². The zero-order valence-corrected chi connectivity index (χ0v) is 22.6. The van der Waals surface area contributed by atoms with Gasteiger partial charge in [0.1, 0.15) is 17.5 Å². The number of aromatic hydroxyl groups is 1. The summed E-state index contributed by atoms with van der Waals surface area (Å²) >= 11 is 5.85. The molecule has 0 aliphatic rings. The second-order valence-electron chi connectivity index (χ2n) is 9.11. The standard InChI is InChI=1S/C31H26ClN3O5/c1-3-35(2)30(38)28(17-21-8-13-23(36)14-9-21)34-29(37)27-18-25(31(39)40)24-16-20(10-15-26(24)33-27)5-4-19-6-11-22(32)12-7-19/h4-6,8-11,13-16,18,28,36H,3,17H2,1-2H3,(H,34,37)(H,39,40)/b5-4+/t28-/m0/s1. The van der Waals surface area contributed by atoms with E-state index in [1.54, 1.807) is 61.7 Å². The number of benzene rings is 2. The van der Waals surface area contributed by atoms with Gasteiger partial charge in [-0.15, -0.1) is 0 Å². The van der Waals surface area contributed by atoms with E-state index >= 15 is 0 Å². The first kappa shape index (κ1) is 28.1. The minimum atomic E-state index is -1.22. The summed E-state index contributed by atoms with van der Waals surface area (Å²) in [5.41, 5.74) is 2.30. The number of nitrogens with zero attached hydrogens (tertiary/aromatic N) is 2. The van der Waals surface area contributed by atoms with Crippen LogP contribution in [-0.2, 0) is 11.2 Å². The van der Waals surface area contributed by atoms with Crippen LogP contribution < -0.4 is 5.32 Å². The molecule has 0 unspecified atom stereocenters. The van der Waals surface area contributed by atoms with Crippen LogP contribution in [0.4, 0.5) is 0 Å². The SMILES string of the molecule is CCN(C)C(=O)[C@H](Cc1ccc(O)cc1)NC(=O)c1cc(C(=O)O)c2cc(/C=C/c3c#cc(Cl)cc3)ccc2n1. The summed E-state index contributed by atoms with van der Waals surface area (Å²) < 4.78 is 0. The Bertz CT molecular complexity index is 1580. The number of carbonyl (C=O) groups excluding carboxylic acids is 2. The molecule has 1 heterocycles. The summed E-state index contributed by atoms with van der Waals surface area (Å²) in [4.78, 5) is 44.4. The molecule has 3 aromatic carbocycles. The van der Waals surface area contributed by atoms with E-state index in [1.165, 1.54) is 23.1 Å². The molecule has 9 heteroatoms. The number of likely N-dealkylation sites (N-methyl/N-ethyl adjacent to an activating group) is 1. The number of aromatic carboxylic acids is 1. The van der Waals surface area contributed by atoms with Crippen LogP contribution in [0.1, 0.15) is 44.5 Å². The Labute approximate surface area is 236 Å². The predicted molar refractivity (Wildman–Crippen MR) is 153 cm³/mol. The lowest BCUT2D eigenvalue weighted by atomic mass is 10.0. The normalized spacial score (nSPS) is 11.7. The van der Waals surface area contributed by atoms with Gasteiger partial charge in [0.05, 0.1) is 16.1 Å². The molecular formula is C31H26ClN3O5. The minimum absolute atomic E-state index is 0.0865. The molecular weight excluding hydrogens is 530 g/mol. The van der Waals surface area contributed by atoms with E-state index in [4.69, 9.17) is 11.6 Å². The molecule has 0 bridgehead atoms. The van der Waals surface area contributed by atoms with Crippen molar-refractivity contribution in [1.29, 1.82) is 0 Å². The summed E-state index contributed by atoms with van der Waals surface area (Å²) in [7, 11) is 1.63. The lowest BCUT2D eigenvalue weighted by Gasteiger charge is -2.24. The van der Waals surface area contributed by atoms with Gasteiger partial charge in [0.15, 0.2) is 0 Å². The molecule has 0 saturated carbocycles. The van der Waals surface area contributed by atoms with Gasteiger partial charge >= 0.3 is 5.97 Å². The lowest BCUT2D eigenvalue weighted by molar-refractivity contribution is -0.131. The fourth-order valence-corrected chi connectivity index (χ4v) is 4.13. The Kier molecular flexibility index (Phi) is 8.67. The van der Waals surface area contributed by atoms with Gasteiger partial charge in [0, 0.05) is 31.0 Å². The van der Waals surface area contributed by atoms with Crippen LogP contribution in [-0.4, -0.2) is 57.5 Å². The van der Waals surface area contributed by atoms with Gasteiger partial charge in [-0.1, -0.05) is 41.9 Å². The molecule has 2 amide bonds. The number of phenolic OH excluding ortho intramolecular Hbond substituents is 1. The number of nitrogens with one attached hydrogen (secondary N) is 1. The van der Waals surface area contributed by atoms with E-state index < -0.39 is 17.9 Å². The Balaban J connectivity index is 1.63. The number of hydrogen-bond donors (Lipinski definition) is 3. The van der Waals surface area contributed by atoms with E-state index in [9.17, 15) is 24.6 Å². The molecule has 0 radical (unpaired) electrons. The Hall–Kier alpha value is -4.87. The molecule has 1 aromatic heterocycles. The molecule has 0 fully saturated rings. The number of carbonyl (C=O) groups is 3. The average molecular weight is 556 g/mol. The van der Waals surface area contributed by atoms with Gasteiger partial charge in [-0.25, -0.2) is 9.78 Å². The van der Waals surface area contributed by atoms with Gasteiger partial charge in [-0.3, -0.25) is 9.59 Å². The third kappa shape index (κ3) is 6.76. The molecule has 0 aliphatic carbocycles. The molecule has 3 N–H and O–H groups in total. The second-order valence-corrected chi connectivity index (χ2v) is 9.51. The second kappa shape index (κ2) is 12.3. The van der Waals surface area contributed by atoms with Crippen molar-refractivity contribution in [3.8, 4) is 5.75 Å². The fraction of sp³-hybridized carbons (Fsp3) is 0.161. The minimum Gasteiger partial charge on any atom is -0.508 e. The largest absolute Gasteiger partial charge is 0.508 e. The zero-order valence-electron chi connectivity index (χ0n) is 21.8. The van der Waals surface area contributed by atoms with Crippen LogP contribution >= 0.6 is 11.6 Å². The first-order valence-electron chi connectivity index (χ1n) is 12.4. The van der Waals surface area contributed by atoms with Crippen LogP contribution in [0.2, 0.25) is 5.02 Å². The number of carboxylic acid groups (broad SMARTS) is 1. The smallest absolute Gasteiger partial charge is 0.336 e. The topological polar surface area (TPSA) is 120 Å². The lowest BCUT2D eigenvalue weighted by Crippen LogP contribution is -2.48. The highest BCUT2D eigenvalue weighted by molar-refractivity contribution is 6.30. The van der Waals surface area contributed by atoms with Crippen LogP contribution in [0.3, 0.4) is 0 Å². The number of amides is 2. The maximum atomic E-state index is 13.3. The highest BCUT2D eigenvalue weighted by Crippen LogP contribution is 2.22. The highest BCUT2D eigenvalue weighted by atomic mass is 35.5. The third-order valence-corrected chi connectivity index (χ3v) is 6.54. The number of phenols is 1. The van der Waals surface area contributed by atoms with Crippen molar-refractivity contribution in [1.82, 2.24) is 15.2 Å². The number of rotatable bonds is 9. The summed E-state index contributed by atoms with van der Waals surface area (Å²) in [5, 5.41) is 23.0. The molecule has 202 valence electrons. The quantitative estimate of drug-likeness (QED) is 0.271. The van der Waals surface area contributed by atoms with Gasteiger partial charge in [0.2, 0.25) is 5.91 Å². The maximum absolute atomic E-state index is 13.3. The molecule has 8 nitrogen and oxygen atoms in total. The molecule has 0 saturated heterocycles. The van der Waals surface area contributed by atoms with Crippen molar-refractivity contribution in [2.24, 2.45) is 0 Å². The maximum Gasteiger partial charge on any atom is 0.336 e. The van der Waals surface area contributed by atoms with Gasteiger partial charge in [0.25, 0.3) is 5.91 Å². The van der Waals surface area contributed by atoms with Crippen LogP contribution in [0.25, 0.3) is 23.1 Å². The molecule has 0 spiro atoms. The van der Waals surface area contributed by atoms with Crippen LogP contribution in [0.15, 0.2) is 60.7 Å². The van der Waals surface area contributed by atoms with Gasteiger partial charge in [-0.2, -0.15) is 0 Å². The highest BCUT2D eigenvalue weighted by Gasteiger charge is 2.26. The van der Waals surface area contributed by atoms with E-state index in [-0.39, 0.29) is 29.3 Å². The number of halogens is 1. The molecule has 0 aliphatic heterocycles. The van der Waals surface area contributed by atoms with Crippen molar-refractivity contribution in [2.75, 3.05) is 13.6 Å². The monoisotopic (exact) mass is 555 g/mol. The van der Waals surface area contributed by atoms with Crippen molar-refractivity contribution >= 4 is 52.4 Å². The first-order chi connectivity index (χ1) is 19.1. The van der Waals surface area contributed by atoms with Crippen molar-refractivity contribution < 1.29 is 24.6 Å². The van der Waals surface area contributed by atoms with Crippen molar-refractivity contribution in [3.63, 3.8) is 0 Å².